The van der Waals surface area contributed by atoms with Crippen molar-refractivity contribution in [1.29, 1.82) is 0 Å². The molecule has 0 radical (unpaired) electrons. The highest BCUT2D eigenvalue weighted by atomic mass is 35.5. The van der Waals surface area contributed by atoms with Gasteiger partial charge in [0.2, 0.25) is 12.3 Å². The Morgan fingerprint density at radius 3 is 2.43 bits per heavy atom. The molecule has 0 atom stereocenters. The first-order chi connectivity index (χ1) is 10.1. The van der Waals surface area contributed by atoms with Gasteiger partial charge in [0.05, 0.1) is 0 Å². The predicted octanol–water partition coefficient (Wildman–Crippen LogP) is 3.97. The fourth-order valence-corrected chi connectivity index (χ4v) is 2.52. The summed E-state index contributed by atoms with van der Waals surface area (Å²) in [5.74, 6) is 0.0787. The molecule has 0 aliphatic rings. The maximum Gasteiger partial charge on any atom is 0.227 e. The van der Waals surface area contributed by atoms with Crippen molar-refractivity contribution in [3.05, 3.63) is 77.1 Å². The lowest BCUT2D eigenvalue weighted by molar-refractivity contribution is -0.687. The molecule has 104 valence electrons. The van der Waals surface area contributed by atoms with Gasteiger partial charge in [0, 0.05) is 29.0 Å². The number of halogens is 1. The molecule has 0 saturated carbocycles. The summed E-state index contributed by atoms with van der Waals surface area (Å²) in [5, 5.41) is 2.96. The van der Waals surface area contributed by atoms with Gasteiger partial charge in [-0.2, -0.15) is 4.57 Å². The molecule has 0 spiro atoms. The monoisotopic (exact) mass is 296 g/mol. The van der Waals surface area contributed by atoms with Crippen molar-refractivity contribution in [2.75, 3.05) is 0 Å². The molecule has 0 saturated heterocycles. The SMILES string of the molecule is Cc1cc2ccccc2c[n+]1CC(=O)c1ccc(Cl)cc1. The van der Waals surface area contributed by atoms with Gasteiger partial charge in [-0.3, -0.25) is 4.79 Å². The maximum atomic E-state index is 12.3. The molecule has 0 amide bonds. The van der Waals surface area contributed by atoms with Crippen LogP contribution in [0.2, 0.25) is 5.02 Å². The van der Waals surface area contributed by atoms with Crippen molar-refractivity contribution in [2.45, 2.75) is 13.5 Å². The van der Waals surface area contributed by atoms with Crippen molar-refractivity contribution >= 4 is 28.2 Å². The molecule has 1 aromatic heterocycles. The van der Waals surface area contributed by atoms with E-state index < -0.39 is 0 Å². The van der Waals surface area contributed by atoms with Crippen LogP contribution in [0.5, 0.6) is 0 Å². The Bertz CT molecular complexity index is 809. The van der Waals surface area contributed by atoms with E-state index in [1.807, 2.05) is 29.8 Å². The van der Waals surface area contributed by atoms with Gasteiger partial charge >= 0.3 is 0 Å². The van der Waals surface area contributed by atoms with Crippen LogP contribution in [0.3, 0.4) is 0 Å². The van der Waals surface area contributed by atoms with Crippen LogP contribution in [0.25, 0.3) is 10.8 Å². The van der Waals surface area contributed by atoms with E-state index in [-0.39, 0.29) is 5.78 Å². The number of nitrogens with zero attached hydrogens (tertiary/aromatic N) is 1. The van der Waals surface area contributed by atoms with Crippen LogP contribution < -0.4 is 4.57 Å². The molecule has 0 fully saturated rings. The Hall–Kier alpha value is -2.19. The van der Waals surface area contributed by atoms with Gasteiger partial charge in [0.15, 0.2) is 11.9 Å². The number of pyridine rings is 1. The lowest BCUT2D eigenvalue weighted by Gasteiger charge is -2.03. The second-order valence-corrected chi connectivity index (χ2v) is 5.54. The second kappa shape index (κ2) is 5.66. The third-order valence-electron chi connectivity index (χ3n) is 3.59. The van der Waals surface area contributed by atoms with E-state index in [0.717, 1.165) is 11.1 Å². The van der Waals surface area contributed by atoms with Crippen molar-refractivity contribution in [1.82, 2.24) is 0 Å². The van der Waals surface area contributed by atoms with E-state index in [0.29, 0.717) is 17.1 Å². The van der Waals surface area contributed by atoms with Gasteiger partial charge in [0.1, 0.15) is 0 Å². The topological polar surface area (TPSA) is 20.9 Å². The molecule has 3 heteroatoms. The van der Waals surface area contributed by atoms with Gasteiger partial charge in [-0.1, -0.05) is 29.8 Å². The molecular formula is C18H15ClNO+. The number of carbonyl (C=O) groups excluding carboxylic acids is 1. The van der Waals surface area contributed by atoms with Crippen LogP contribution in [0, 0.1) is 6.92 Å². The van der Waals surface area contributed by atoms with Crippen LogP contribution >= 0.6 is 11.6 Å². The number of ketones is 1. The summed E-state index contributed by atoms with van der Waals surface area (Å²) < 4.78 is 1.99. The first-order valence-electron chi connectivity index (χ1n) is 6.81. The number of aromatic nitrogens is 1. The van der Waals surface area contributed by atoms with Crippen molar-refractivity contribution in [2.24, 2.45) is 0 Å². The van der Waals surface area contributed by atoms with E-state index >= 15 is 0 Å². The number of fused-ring (bicyclic) bond motifs is 1. The largest absolute Gasteiger partial charge is 0.287 e. The molecule has 0 aliphatic heterocycles. The zero-order valence-corrected chi connectivity index (χ0v) is 12.5. The molecule has 0 N–H and O–H groups in total. The van der Waals surface area contributed by atoms with Crippen LogP contribution in [0.1, 0.15) is 16.1 Å². The molecule has 2 aromatic carbocycles. The number of aryl methyl sites for hydroxylation is 1. The number of benzene rings is 2. The minimum Gasteiger partial charge on any atom is -0.287 e. The second-order valence-electron chi connectivity index (χ2n) is 5.10. The highest BCUT2D eigenvalue weighted by Gasteiger charge is 2.15. The predicted molar refractivity (Wildman–Crippen MR) is 84.7 cm³/mol. The molecular weight excluding hydrogens is 282 g/mol. The average Bonchev–Trinajstić information content (AvgIpc) is 2.48. The Labute approximate surface area is 128 Å². The first kappa shape index (κ1) is 13.8. The van der Waals surface area contributed by atoms with Crippen LogP contribution in [0.4, 0.5) is 0 Å². The van der Waals surface area contributed by atoms with Crippen LogP contribution in [-0.2, 0) is 6.54 Å². The fourth-order valence-electron chi connectivity index (χ4n) is 2.39. The van der Waals surface area contributed by atoms with E-state index in [9.17, 15) is 4.79 Å². The minimum atomic E-state index is 0.0787. The standard InChI is InChI=1S/C18H15ClNO/c1-13-10-15-4-2-3-5-16(15)11-20(13)12-18(21)14-6-8-17(19)9-7-14/h2-11H,12H2,1H3/q+1. The van der Waals surface area contributed by atoms with Gasteiger partial charge in [-0.15, -0.1) is 0 Å². The highest BCUT2D eigenvalue weighted by molar-refractivity contribution is 6.30. The summed E-state index contributed by atoms with van der Waals surface area (Å²) in [4.78, 5) is 12.3. The first-order valence-corrected chi connectivity index (χ1v) is 7.19. The molecule has 21 heavy (non-hydrogen) atoms. The molecule has 0 aliphatic carbocycles. The zero-order chi connectivity index (χ0) is 14.8. The highest BCUT2D eigenvalue weighted by Crippen LogP contribution is 2.13. The smallest absolute Gasteiger partial charge is 0.227 e. The Kier molecular flexibility index (Phi) is 3.72. The third kappa shape index (κ3) is 2.96. The zero-order valence-electron chi connectivity index (χ0n) is 11.7. The van der Waals surface area contributed by atoms with E-state index in [1.54, 1.807) is 24.3 Å². The van der Waals surface area contributed by atoms with Gasteiger partial charge in [-0.05, 0) is 35.7 Å². The van der Waals surface area contributed by atoms with Gasteiger partial charge in [0.25, 0.3) is 0 Å². The van der Waals surface area contributed by atoms with Crippen LogP contribution in [0.15, 0.2) is 60.8 Å². The summed E-state index contributed by atoms with van der Waals surface area (Å²) >= 11 is 5.85. The van der Waals surface area contributed by atoms with E-state index in [4.69, 9.17) is 11.6 Å². The van der Waals surface area contributed by atoms with Crippen molar-refractivity contribution in [3.8, 4) is 0 Å². The number of hydrogen-bond acceptors (Lipinski definition) is 1. The number of Topliss-reactive ketones (excluding diaryl/α,β-unsaturated/α-hetero) is 1. The normalized spacial score (nSPS) is 10.8. The van der Waals surface area contributed by atoms with Gasteiger partial charge in [-0.25, -0.2) is 0 Å². The Balaban J connectivity index is 1.92. The molecule has 1 heterocycles. The Morgan fingerprint density at radius 2 is 1.71 bits per heavy atom. The van der Waals surface area contributed by atoms with Gasteiger partial charge < -0.3 is 0 Å². The summed E-state index contributed by atoms with van der Waals surface area (Å²) in [7, 11) is 0. The maximum absolute atomic E-state index is 12.3. The fraction of sp³-hybridized carbons (Fsp3) is 0.111. The summed E-state index contributed by atoms with van der Waals surface area (Å²) in [6.45, 7) is 2.35. The number of hydrogen-bond donors (Lipinski definition) is 0. The number of carbonyl (C=O) groups is 1. The molecule has 0 bridgehead atoms. The van der Waals surface area contributed by atoms with E-state index in [1.165, 1.54) is 5.39 Å². The summed E-state index contributed by atoms with van der Waals surface area (Å²) in [6.07, 6.45) is 2.03. The van der Waals surface area contributed by atoms with Crippen molar-refractivity contribution < 1.29 is 9.36 Å². The lowest BCUT2D eigenvalue weighted by Crippen LogP contribution is -2.40. The minimum absolute atomic E-state index is 0.0787. The third-order valence-corrected chi connectivity index (χ3v) is 3.84. The van der Waals surface area contributed by atoms with E-state index in [2.05, 4.69) is 18.2 Å². The molecule has 2 nitrogen and oxygen atoms in total. The lowest BCUT2D eigenvalue weighted by atomic mass is 10.1. The Morgan fingerprint density at radius 1 is 1.05 bits per heavy atom. The molecule has 3 rings (SSSR count). The quantitative estimate of drug-likeness (QED) is 0.529. The number of rotatable bonds is 3. The van der Waals surface area contributed by atoms with Crippen molar-refractivity contribution in [3.63, 3.8) is 0 Å². The molecule has 3 aromatic rings. The summed E-state index contributed by atoms with van der Waals surface area (Å²) in [5.41, 5.74) is 1.75. The molecule has 0 unspecified atom stereocenters. The summed E-state index contributed by atoms with van der Waals surface area (Å²) in [6, 6.07) is 17.3. The average molecular weight is 297 g/mol. The van der Waals surface area contributed by atoms with Crippen LogP contribution in [-0.4, -0.2) is 5.78 Å².